The fraction of sp³-hybridized carbons (Fsp3) is 0.600. The van der Waals surface area contributed by atoms with Crippen LogP contribution in [0.5, 0.6) is 0 Å². The molecule has 1 aliphatic rings. The molecule has 0 aromatic heterocycles. The molecular weight excluding hydrogens is 286 g/mol. The number of nitrogens with zero attached hydrogens (tertiary/aromatic N) is 2. The van der Waals surface area contributed by atoms with Gasteiger partial charge in [0.1, 0.15) is 0 Å². The van der Waals surface area contributed by atoms with E-state index in [1.54, 1.807) is 13.0 Å². The van der Waals surface area contributed by atoms with Gasteiger partial charge >= 0.3 is 0 Å². The van der Waals surface area contributed by atoms with Crippen molar-refractivity contribution < 1.29 is 4.92 Å². The molecule has 1 atom stereocenters. The van der Waals surface area contributed by atoms with Gasteiger partial charge in [-0.25, -0.2) is 0 Å². The summed E-state index contributed by atoms with van der Waals surface area (Å²) in [5, 5.41) is 14.5. The summed E-state index contributed by atoms with van der Waals surface area (Å²) in [6.45, 7) is 8.11. The van der Waals surface area contributed by atoms with Crippen LogP contribution in [-0.2, 0) is 0 Å². The first-order valence-electron chi connectivity index (χ1n) is 7.36. The summed E-state index contributed by atoms with van der Waals surface area (Å²) in [6.07, 6.45) is 0. The van der Waals surface area contributed by atoms with Crippen molar-refractivity contribution >= 4 is 17.4 Å². The minimum absolute atomic E-state index is 0.128. The van der Waals surface area contributed by atoms with Gasteiger partial charge in [-0.3, -0.25) is 10.1 Å². The second kappa shape index (κ2) is 7.77. The average molecular weight is 309 g/mol. The summed E-state index contributed by atoms with van der Waals surface area (Å²) in [5.74, 6) is 2.44. The number of aryl methyl sites for hydroxylation is 1. The van der Waals surface area contributed by atoms with Crippen molar-refractivity contribution in [3.05, 3.63) is 39.4 Å². The average Bonchev–Trinajstić information content (AvgIpc) is 2.48. The third-order valence-electron chi connectivity index (χ3n) is 3.91. The standard InChI is InChI=1S/C15H23N3O2S/c1-12-3-4-14(11-15(12)18(19)20)13(2)16-5-6-17-7-9-21-10-8-17/h3-4,11,13,16H,5-10H2,1-2H3. The van der Waals surface area contributed by atoms with Crippen molar-refractivity contribution in [1.82, 2.24) is 10.2 Å². The Morgan fingerprint density at radius 1 is 1.43 bits per heavy atom. The molecule has 5 nitrogen and oxygen atoms in total. The second-order valence-electron chi connectivity index (χ2n) is 5.43. The monoisotopic (exact) mass is 309 g/mol. The van der Waals surface area contributed by atoms with Gasteiger partial charge in [-0.1, -0.05) is 12.1 Å². The molecule has 116 valence electrons. The van der Waals surface area contributed by atoms with E-state index < -0.39 is 0 Å². The molecule has 1 N–H and O–H groups in total. The lowest BCUT2D eigenvalue weighted by molar-refractivity contribution is -0.385. The van der Waals surface area contributed by atoms with Gasteiger partial charge in [-0.05, 0) is 19.4 Å². The fourth-order valence-corrected chi connectivity index (χ4v) is 3.45. The van der Waals surface area contributed by atoms with Crippen LogP contribution in [-0.4, -0.2) is 47.5 Å². The van der Waals surface area contributed by atoms with Gasteiger partial charge in [-0.15, -0.1) is 0 Å². The van der Waals surface area contributed by atoms with Gasteiger partial charge in [0.25, 0.3) is 5.69 Å². The smallest absolute Gasteiger partial charge is 0.272 e. The third kappa shape index (κ3) is 4.69. The van der Waals surface area contributed by atoms with Crippen LogP contribution in [0.4, 0.5) is 5.69 Å². The van der Waals surface area contributed by atoms with E-state index in [1.165, 1.54) is 11.5 Å². The molecule has 1 aliphatic heterocycles. The number of benzene rings is 1. The zero-order valence-electron chi connectivity index (χ0n) is 12.7. The molecule has 2 rings (SSSR count). The molecule has 0 spiro atoms. The minimum Gasteiger partial charge on any atom is -0.309 e. The van der Waals surface area contributed by atoms with E-state index in [-0.39, 0.29) is 16.7 Å². The highest BCUT2D eigenvalue weighted by molar-refractivity contribution is 7.99. The van der Waals surface area contributed by atoms with Crippen molar-refractivity contribution in [1.29, 1.82) is 0 Å². The number of hydrogen-bond acceptors (Lipinski definition) is 5. The van der Waals surface area contributed by atoms with Crippen LogP contribution >= 0.6 is 11.8 Å². The van der Waals surface area contributed by atoms with E-state index in [1.807, 2.05) is 23.9 Å². The second-order valence-corrected chi connectivity index (χ2v) is 6.66. The van der Waals surface area contributed by atoms with Crippen molar-refractivity contribution in [3.8, 4) is 0 Å². The van der Waals surface area contributed by atoms with Gasteiger partial charge < -0.3 is 10.2 Å². The summed E-state index contributed by atoms with van der Waals surface area (Å²) < 4.78 is 0. The first kappa shape index (κ1) is 16.3. The Morgan fingerprint density at radius 3 is 2.81 bits per heavy atom. The highest BCUT2D eigenvalue weighted by atomic mass is 32.2. The normalized spacial score (nSPS) is 17.6. The van der Waals surface area contributed by atoms with Crippen molar-refractivity contribution in [3.63, 3.8) is 0 Å². The molecule has 1 heterocycles. The zero-order valence-corrected chi connectivity index (χ0v) is 13.5. The molecule has 1 unspecified atom stereocenters. The Kier molecular flexibility index (Phi) is 6.02. The first-order chi connectivity index (χ1) is 10.1. The van der Waals surface area contributed by atoms with E-state index in [9.17, 15) is 10.1 Å². The molecule has 0 aliphatic carbocycles. The van der Waals surface area contributed by atoms with Crippen LogP contribution in [0, 0.1) is 17.0 Å². The van der Waals surface area contributed by atoms with Crippen LogP contribution in [0.3, 0.4) is 0 Å². The maximum atomic E-state index is 11.0. The van der Waals surface area contributed by atoms with Crippen LogP contribution in [0.1, 0.15) is 24.1 Å². The van der Waals surface area contributed by atoms with Crippen molar-refractivity contribution in [2.75, 3.05) is 37.7 Å². The van der Waals surface area contributed by atoms with Gasteiger partial charge in [0.05, 0.1) is 4.92 Å². The highest BCUT2D eigenvalue weighted by Crippen LogP contribution is 2.23. The van der Waals surface area contributed by atoms with E-state index in [0.717, 1.165) is 31.7 Å². The first-order valence-corrected chi connectivity index (χ1v) is 8.52. The van der Waals surface area contributed by atoms with Gasteiger partial charge in [0, 0.05) is 55.4 Å². The molecule has 0 amide bonds. The molecule has 6 heteroatoms. The highest BCUT2D eigenvalue weighted by Gasteiger charge is 2.15. The Balaban J connectivity index is 1.86. The van der Waals surface area contributed by atoms with Gasteiger partial charge in [0.15, 0.2) is 0 Å². The molecule has 0 saturated carbocycles. The van der Waals surface area contributed by atoms with Gasteiger partial charge in [0.2, 0.25) is 0 Å². The molecule has 1 aromatic rings. The third-order valence-corrected chi connectivity index (χ3v) is 4.85. The summed E-state index contributed by atoms with van der Waals surface area (Å²) >= 11 is 2.01. The predicted octanol–water partition coefficient (Wildman–Crippen LogP) is 2.60. The molecule has 21 heavy (non-hydrogen) atoms. The van der Waals surface area contributed by atoms with Crippen LogP contribution in [0.25, 0.3) is 0 Å². The Hall–Kier alpha value is -1.11. The van der Waals surface area contributed by atoms with E-state index in [2.05, 4.69) is 17.1 Å². The number of rotatable bonds is 6. The van der Waals surface area contributed by atoms with E-state index in [0.29, 0.717) is 5.56 Å². The Labute approximate surface area is 130 Å². The van der Waals surface area contributed by atoms with E-state index in [4.69, 9.17) is 0 Å². The zero-order chi connectivity index (χ0) is 15.2. The fourth-order valence-electron chi connectivity index (χ4n) is 2.47. The molecule has 1 saturated heterocycles. The molecule has 1 fully saturated rings. The lowest BCUT2D eigenvalue weighted by atomic mass is 10.0. The maximum Gasteiger partial charge on any atom is 0.272 e. The quantitative estimate of drug-likeness (QED) is 0.646. The largest absolute Gasteiger partial charge is 0.309 e. The van der Waals surface area contributed by atoms with Crippen LogP contribution in [0.15, 0.2) is 18.2 Å². The minimum atomic E-state index is -0.309. The van der Waals surface area contributed by atoms with E-state index >= 15 is 0 Å². The number of nitrogens with one attached hydrogen (secondary N) is 1. The molecular formula is C15H23N3O2S. The SMILES string of the molecule is Cc1ccc(C(C)NCCN2CCSCC2)cc1[N+](=O)[O-]. The van der Waals surface area contributed by atoms with Crippen molar-refractivity contribution in [2.45, 2.75) is 19.9 Å². The summed E-state index contributed by atoms with van der Waals surface area (Å²) in [5.41, 5.74) is 1.89. The number of hydrogen-bond donors (Lipinski definition) is 1. The molecule has 0 bridgehead atoms. The number of nitro groups is 1. The Bertz CT molecular complexity index is 490. The Morgan fingerprint density at radius 2 is 2.14 bits per heavy atom. The lowest BCUT2D eigenvalue weighted by Crippen LogP contribution is -2.38. The lowest BCUT2D eigenvalue weighted by Gasteiger charge is -2.26. The number of nitro benzene ring substituents is 1. The summed E-state index contributed by atoms with van der Waals surface area (Å²) in [7, 11) is 0. The molecule has 0 radical (unpaired) electrons. The predicted molar refractivity (Wildman–Crippen MR) is 88.0 cm³/mol. The summed E-state index contributed by atoms with van der Waals surface area (Å²) in [6, 6.07) is 5.61. The van der Waals surface area contributed by atoms with Gasteiger partial charge in [-0.2, -0.15) is 11.8 Å². The maximum absolute atomic E-state index is 11.0. The topological polar surface area (TPSA) is 58.4 Å². The number of thioether (sulfide) groups is 1. The summed E-state index contributed by atoms with van der Waals surface area (Å²) in [4.78, 5) is 13.2. The van der Waals surface area contributed by atoms with Crippen LogP contribution < -0.4 is 5.32 Å². The van der Waals surface area contributed by atoms with Crippen molar-refractivity contribution in [2.24, 2.45) is 0 Å². The van der Waals surface area contributed by atoms with Crippen LogP contribution in [0.2, 0.25) is 0 Å². The molecule has 1 aromatic carbocycles.